The molecule has 1 rings (SSSR count). The summed E-state index contributed by atoms with van der Waals surface area (Å²) >= 11 is 0. The van der Waals surface area contributed by atoms with E-state index in [0.29, 0.717) is 0 Å². The lowest BCUT2D eigenvalue weighted by molar-refractivity contribution is -0.138. The Morgan fingerprint density at radius 3 is 2.35 bits per heavy atom. The smallest absolute Gasteiger partial charge is 0.419 e. The molecule has 0 saturated carbocycles. The van der Waals surface area contributed by atoms with Crippen molar-refractivity contribution in [2.24, 2.45) is 5.73 Å². The monoisotopic (exact) mass is 271 g/mol. The molecule has 0 aliphatic rings. The number of rotatable bonds is 3. The first-order chi connectivity index (χ1) is 7.36. The normalized spacial score (nSPS) is 13.0. The van der Waals surface area contributed by atoms with Crippen LogP contribution in [0, 0.1) is 0 Å². The van der Waals surface area contributed by atoms with Crippen molar-refractivity contribution < 1.29 is 23.4 Å². The van der Waals surface area contributed by atoms with Crippen LogP contribution < -0.4 is 5.73 Å². The van der Waals surface area contributed by atoms with Crippen molar-refractivity contribution in [2.45, 2.75) is 18.6 Å². The molecule has 0 aliphatic carbocycles. The summed E-state index contributed by atoms with van der Waals surface area (Å²) in [6.07, 6.45) is -4.44. The molecule has 0 heterocycles. The lowest BCUT2D eigenvalue weighted by Gasteiger charge is -2.14. The number of aliphatic hydroxyl groups is 1. The third-order valence-electron chi connectivity index (χ3n) is 2.19. The van der Waals surface area contributed by atoms with Gasteiger partial charge in [0.2, 0.25) is 0 Å². The van der Waals surface area contributed by atoms with Crippen molar-refractivity contribution in [3.63, 3.8) is 0 Å². The molecule has 1 aromatic carbocycles. The van der Waals surface area contributed by atoms with Gasteiger partial charge in [-0.05, 0) is 24.1 Å². The van der Waals surface area contributed by atoms with Gasteiger partial charge in [-0.25, -0.2) is 0 Å². The lowest BCUT2D eigenvalue weighted by Crippen LogP contribution is -2.14. The van der Waals surface area contributed by atoms with E-state index < -0.39 is 23.5 Å². The number of hydrogen-bond donors (Lipinski definition) is 3. The zero-order valence-electron chi connectivity index (χ0n) is 8.74. The number of phenols is 1. The van der Waals surface area contributed by atoms with Crippen LogP contribution >= 0.6 is 12.4 Å². The summed E-state index contributed by atoms with van der Waals surface area (Å²) in [5.74, 6) is -0.826. The van der Waals surface area contributed by atoms with Crippen LogP contribution in [0.3, 0.4) is 0 Å². The van der Waals surface area contributed by atoms with Gasteiger partial charge in [0, 0.05) is 12.6 Å². The zero-order valence-corrected chi connectivity index (χ0v) is 9.55. The first kappa shape index (κ1) is 16.0. The molecule has 4 N–H and O–H groups in total. The lowest BCUT2D eigenvalue weighted by atomic mass is 10.0. The zero-order chi connectivity index (χ0) is 12.3. The van der Waals surface area contributed by atoms with Gasteiger partial charge < -0.3 is 15.9 Å². The predicted molar refractivity (Wildman–Crippen MR) is 59.0 cm³/mol. The molecule has 98 valence electrons. The molecule has 0 radical (unpaired) electrons. The van der Waals surface area contributed by atoms with Crippen LogP contribution in [0.5, 0.6) is 5.75 Å². The SMILES string of the molecule is Cl.NC(CCO)c1ccc(O)c(C(F)(F)F)c1. The van der Waals surface area contributed by atoms with E-state index in [1.807, 2.05) is 0 Å². The van der Waals surface area contributed by atoms with Crippen molar-refractivity contribution in [3.8, 4) is 5.75 Å². The molecule has 0 aromatic heterocycles. The van der Waals surface area contributed by atoms with Crippen LogP contribution in [0.4, 0.5) is 13.2 Å². The Bertz CT molecular complexity index is 371. The van der Waals surface area contributed by atoms with E-state index >= 15 is 0 Å². The number of phenolic OH excluding ortho intramolecular Hbond substituents is 1. The van der Waals surface area contributed by atoms with Crippen LogP contribution in [0.1, 0.15) is 23.6 Å². The fourth-order valence-corrected chi connectivity index (χ4v) is 1.32. The highest BCUT2D eigenvalue weighted by Gasteiger charge is 2.34. The molecular weight excluding hydrogens is 259 g/mol. The maximum atomic E-state index is 12.4. The average Bonchev–Trinajstić information content (AvgIpc) is 2.16. The predicted octanol–water partition coefficient (Wildman–Crippen LogP) is 2.21. The standard InChI is InChI=1S/C10H12F3NO2.ClH/c11-10(12,13)7-5-6(1-2-9(7)16)8(14)3-4-15;/h1-2,5,8,15-16H,3-4,14H2;1H. The third-order valence-corrected chi connectivity index (χ3v) is 2.19. The van der Waals surface area contributed by atoms with Crippen molar-refractivity contribution in [1.82, 2.24) is 0 Å². The number of benzene rings is 1. The van der Waals surface area contributed by atoms with Gasteiger partial charge in [0.05, 0.1) is 5.56 Å². The maximum absolute atomic E-state index is 12.4. The average molecular weight is 272 g/mol. The fraction of sp³-hybridized carbons (Fsp3) is 0.400. The first-order valence-electron chi connectivity index (χ1n) is 4.63. The number of aromatic hydroxyl groups is 1. The van der Waals surface area contributed by atoms with E-state index in [4.69, 9.17) is 15.9 Å². The van der Waals surface area contributed by atoms with Gasteiger partial charge in [-0.2, -0.15) is 13.2 Å². The van der Waals surface area contributed by atoms with Gasteiger partial charge >= 0.3 is 6.18 Å². The van der Waals surface area contributed by atoms with E-state index in [-0.39, 0.29) is 31.0 Å². The summed E-state index contributed by atoms with van der Waals surface area (Å²) in [5, 5.41) is 17.7. The van der Waals surface area contributed by atoms with Gasteiger partial charge in [0.1, 0.15) is 5.75 Å². The Labute approximate surface area is 102 Å². The number of aliphatic hydroxyl groups excluding tert-OH is 1. The molecule has 1 unspecified atom stereocenters. The molecule has 1 atom stereocenters. The highest BCUT2D eigenvalue weighted by molar-refractivity contribution is 5.85. The van der Waals surface area contributed by atoms with E-state index in [2.05, 4.69) is 0 Å². The van der Waals surface area contributed by atoms with Crippen molar-refractivity contribution >= 4 is 12.4 Å². The van der Waals surface area contributed by atoms with Crippen LogP contribution in [-0.2, 0) is 6.18 Å². The first-order valence-corrected chi connectivity index (χ1v) is 4.63. The molecule has 7 heteroatoms. The summed E-state index contributed by atoms with van der Waals surface area (Å²) in [5.41, 5.74) is 4.68. The van der Waals surface area contributed by atoms with Gasteiger partial charge in [0.15, 0.2) is 0 Å². The van der Waals surface area contributed by atoms with Crippen molar-refractivity contribution in [3.05, 3.63) is 29.3 Å². The van der Waals surface area contributed by atoms with Gasteiger partial charge in [-0.3, -0.25) is 0 Å². The summed E-state index contributed by atoms with van der Waals surface area (Å²) in [6, 6.07) is 2.39. The molecule has 0 spiro atoms. The molecule has 17 heavy (non-hydrogen) atoms. The van der Waals surface area contributed by atoms with Crippen LogP contribution in [0.25, 0.3) is 0 Å². The van der Waals surface area contributed by atoms with E-state index in [1.54, 1.807) is 0 Å². The topological polar surface area (TPSA) is 66.5 Å². The van der Waals surface area contributed by atoms with Crippen LogP contribution in [0.2, 0.25) is 0 Å². The molecule has 0 amide bonds. The molecule has 0 saturated heterocycles. The van der Waals surface area contributed by atoms with E-state index in [0.717, 1.165) is 12.1 Å². The molecule has 0 aliphatic heterocycles. The summed E-state index contributed by atoms with van der Waals surface area (Å²) in [4.78, 5) is 0. The summed E-state index contributed by atoms with van der Waals surface area (Å²) in [7, 11) is 0. The van der Waals surface area contributed by atoms with Gasteiger partial charge in [-0.1, -0.05) is 6.07 Å². The second kappa shape index (κ2) is 6.09. The minimum absolute atomic E-state index is 0. The highest BCUT2D eigenvalue weighted by Crippen LogP contribution is 2.36. The van der Waals surface area contributed by atoms with E-state index in [9.17, 15) is 13.2 Å². The number of halogens is 4. The number of hydrogen-bond acceptors (Lipinski definition) is 3. The quantitative estimate of drug-likeness (QED) is 0.790. The minimum Gasteiger partial charge on any atom is -0.507 e. The van der Waals surface area contributed by atoms with E-state index in [1.165, 1.54) is 6.07 Å². The second-order valence-corrected chi connectivity index (χ2v) is 3.39. The maximum Gasteiger partial charge on any atom is 0.419 e. The highest BCUT2D eigenvalue weighted by atomic mass is 35.5. The summed E-state index contributed by atoms with van der Waals surface area (Å²) < 4.78 is 37.3. The largest absolute Gasteiger partial charge is 0.507 e. The number of alkyl halides is 3. The Morgan fingerprint density at radius 2 is 1.88 bits per heavy atom. The molecule has 1 aromatic rings. The second-order valence-electron chi connectivity index (χ2n) is 3.39. The van der Waals surface area contributed by atoms with Crippen molar-refractivity contribution in [2.75, 3.05) is 6.61 Å². The van der Waals surface area contributed by atoms with Crippen molar-refractivity contribution in [1.29, 1.82) is 0 Å². The molecule has 3 nitrogen and oxygen atoms in total. The minimum atomic E-state index is -4.61. The Balaban J connectivity index is 0.00000256. The van der Waals surface area contributed by atoms with Gasteiger partial charge in [0.25, 0.3) is 0 Å². The van der Waals surface area contributed by atoms with Crippen LogP contribution in [0.15, 0.2) is 18.2 Å². The molecule has 0 bridgehead atoms. The Morgan fingerprint density at radius 1 is 1.29 bits per heavy atom. The van der Waals surface area contributed by atoms with Crippen LogP contribution in [-0.4, -0.2) is 16.8 Å². The molecular formula is C10H13ClF3NO2. The third kappa shape index (κ3) is 4.07. The number of nitrogens with two attached hydrogens (primary N) is 1. The Kier molecular flexibility index (Phi) is 5.74. The molecule has 0 fully saturated rings. The fourth-order valence-electron chi connectivity index (χ4n) is 1.32. The summed E-state index contributed by atoms with van der Waals surface area (Å²) in [6.45, 7) is -0.205. The Hall–Kier alpha value is -0.980. The van der Waals surface area contributed by atoms with Gasteiger partial charge in [-0.15, -0.1) is 12.4 Å².